The zero-order valence-electron chi connectivity index (χ0n) is 21.5. The van der Waals surface area contributed by atoms with E-state index in [1.807, 2.05) is 38.1 Å². The maximum atomic E-state index is 13.8. The lowest BCUT2D eigenvalue weighted by atomic mass is 9.70. The van der Waals surface area contributed by atoms with Crippen molar-refractivity contribution >= 4 is 35.2 Å². The van der Waals surface area contributed by atoms with Crippen molar-refractivity contribution in [2.24, 2.45) is 11.8 Å². The second-order valence-corrected chi connectivity index (χ2v) is 11.8. The zero-order chi connectivity index (χ0) is 25.9. The first-order valence-electron chi connectivity index (χ1n) is 13.3. The highest BCUT2D eigenvalue weighted by Crippen LogP contribution is 2.66. The Morgan fingerprint density at radius 2 is 1.97 bits per heavy atom. The quantitative estimate of drug-likeness (QED) is 0.368. The minimum atomic E-state index is -0.591. The van der Waals surface area contributed by atoms with Gasteiger partial charge in [0.25, 0.3) is 0 Å². The Morgan fingerprint density at radius 1 is 1.22 bits per heavy atom. The van der Waals surface area contributed by atoms with Crippen LogP contribution in [0.4, 0.5) is 5.69 Å². The van der Waals surface area contributed by atoms with Crippen molar-refractivity contribution in [2.45, 2.75) is 81.4 Å². The van der Waals surface area contributed by atoms with Crippen LogP contribution < -0.4 is 15.4 Å². The molecule has 6 atom stereocenters. The van der Waals surface area contributed by atoms with Gasteiger partial charge in [0.15, 0.2) is 0 Å². The molecule has 3 heterocycles. The number of nitrogens with zero attached hydrogens (tertiary/aromatic N) is 1. The Balaban J connectivity index is 1.57. The fourth-order valence-corrected chi connectivity index (χ4v) is 8.46. The third-order valence-corrected chi connectivity index (χ3v) is 9.65. The van der Waals surface area contributed by atoms with Crippen LogP contribution in [0.2, 0.25) is 0 Å². The maximum absolute atomic E-state index is 13.8. The van der Waals surface area contributed by atoms with Crippen molar-refractivity contribution in [3.05, 3.63) is 24.3 Å². The summed E-state index contributed by atoms with van der Waals surface area (Å²) >= 11 is 1.68. The molecule has 0 aliphatic carbocycles. The lowest BCUT2D eigenvalue weighted by molar-refractivity contribution is -0.139. The zero-order valence-corrected chi connectivity index (χ0v) is 22.3. The highest BCUT2D eigenvalue weighted by molar-refractivity contribution is 8.02. The number of benzene rings is 1. The highest BCUT2D eigenvalue weighted by atomic mass is 32.2. The van der Waals surface area contributed by atoms with Gasteiger partial charge in [0, 0.05) is 30.1 Å². The van der Waals surface area contributed by atoms with E-state index in [1.165, 1.54) is 0 Å². The summed E-state index contributed by atoms with van der Waals surface area (Å²) in [5.41, 5.74) is 0.665. The minimum Gasteiger partial charge on any atom is -0.494 e. The summed E-state index contributed by atoms with van der Waals surface area (Å²) in [6.45, 7) is 7.03. The van der Waals surface area contributed by atoms with Gasteiger partial charge in [-0.1, -0.05) is 13.3 Å². The number of carbonyl (C=O) groups excluding carboxylic acids is 3. The summed E-state index contributed by atoms with van der Waals surface area (Å²) in [7, 11) is 0. The number of thioether (sulfide) groups is 1. The van der Waals surface area contributed by atoms with Gasteiger partial charge in [0.1, 0.15) is 11.8 Å². The van der Waals surface area contributed by atoms with Crippen LogP contribution in [0.5, 0.6) is 5.75 Å². The van der Waals surface area contributed by atoms with E-state index in [-0.39, 0.29) is 35.6 Å². The van der Waals surface area contributed by atoms with Crippen molar-refractivity contribution in [1.82, 2.24) is 10.2 Å². The number of aliphatic hydroxyl groups is 1. The van der Waals surface area contributed by atoms with E-state index in [4.69, 9.17) is 4.74 Å². The molecule has 3 aliphatic heterocycles. The van der Waals surface area contributed by atoms with Crippen molar-refractivity contribution in [2.75, 3.05) is 25.1 Å². The summed E-state index contributed by atoms with van der Waals surface area (Å²) in [5.74, 6) is -0.633. The number of rotatable bonds is 12. The molecule has 198 valence electrons. The van der Waals surface area contributed by atoms with Gasteiger partial charge in [-0.15, -0.1) is 11.8 Å². The van der Waals surface area contributed by atoms with Crippen LogP contribution in [0.3, 0.4) is 0 Å². The van der Waals surface area contributed by atoms with E-state index in [2.05, 4.69) is 17.6 Å². The van der Waals surface area contributed by atoms with Gasteiger partial charge in [-0.05, 0) is 70.2 Å². The third-order valence-electron chi connectivity index (χ3n) is 7.70. The average Bonchev–Trinajstić information content (AvgIpc) is 3.48. The van der Waals surface area contributed by atoms with E-state index >= 15 is 0 Å². The Morgan fingerprint density at radius 3 is 2.64 bits per heavy atom. The molecule has 0 radical (unpaired) electrons. The summed E-state index contributed by atoms with van der Waals surface area (Å²) in [6.07, 6.45) is 4.59. The van der Waals surface area contributed by atoms with Gasteiger partial charge in [-0.3, -0.25) is 14.4 Å². The van der Waals surface area contributed by atoms with Crippen molar-refractivity contribution < 1.29 is 24.2 Å². The molecule has 1 spiro atoms. The number of anilines is 1. The molecule has 0 saturated carbocycles. The van der Waals surface area contributed by atoms with E-state index in [1.54, 1.807) is 16.7 Å². The third kappa shape index (κ3) is 4.96. The van der Waals surface area contributed by atoms with Crippen LogP contribution in [-0.2, 0) is 14.4 Å². The molecule has 36 heavy (non-hydrogen) atoms. The predicted molar refractivity (Wildman–Crippen MR) is 141 cm³/mol. The van der Waals surface area contributed by atoms with E-state index < -0.39 is 22.6 Å². The summed E-state index contributed by atoms with van der Waals surface area (Å²) < 4.78 is 4.90. The fourth-order valence-electron chi connectivity index (χ4n) is 6.24. The molecule has 4 rings (SSSR count). The minimum absolute atomic E-state index is 0.0182. The number of ether oxygens (including phenoxy) is 1. The van der Waals surface area contributed by atoms with Crippen LogP contribution in [0.1, 0.15) is 59.3 Å². The number of hydrogen-bond donors (Lipinski definition) is 3. The van der Waals surface area contributed by atoms with Crippen molar-refractivity contribution in [3.8, 4) is 5.75 Å². The SMILES string of the molecule is CCCC(C)NC(=O)C1N(CCCCO)C(=O)[C@@H]2[C@H](C(=O)Nc3ccc(OCC)cc3)[C@@H]3CCC12S3. The molecule has 3 fully saturated rings. The molecule has 3 unspecified atom stereocenters. The van der Waals surface area contributed by atoms with Crippen LogP contribution in [0.25, 0.3) is 0 Å². The van der Waals surface area contributed by atoms with Crippen LogP contribution in [0.15, 0.2) is 24.3 Å². The Labute approximate surface area is 217 Å². The largest absolute Gasteiger partial charge is 0.494 e. The molecule has 8 nitrogen and oxygen atoms in total. The van der Waals surface area contributed by atoms with Gasteiger partial charge in [0.2, 0.25) is 17.7 Å². The first kappa shape index (κ1) is 26.8. The molecule has 0 aromatic heterocycles. The Hall–Kier alpha value is -2.26. The number of carbonyl (C=O) groups is 3. The molecule has 3 amide bonds. The van der Waals surface area contributed by atoms with Gasteiger partial charge >= 0.3 is 0 Å². The first-order chi connectivity index (χ1) is 17.4. The number of aliphatic hydroxyl groups excluding tert-OH is 1. The number of fused-ring (bicyclic) bond motifs is 1. The molecule has 2 bridgehead atoms. The molecule has 1 aromatic carbocycles. The topological polar surface area (TPSA) is 108 Å². The maximum Gasteiger partial charge on any atom is 0.244 e. The number of nitrogens with one attached hydrogen (secondary N) is 2. The van der Waals surface area contributed by atoms with Gasteiger partial charge in [-0.25, -0.2) is 0 Å². The van der Waals surface area contributed by atoms with Crippen molar-refractivity contribution in [3.63, 3.8) is 0 Å². The van der Waals surface area contributed by atoms with Gasteiger partial charge in [-0.2, -0.15) is 0 Å². The Bertz CT molecular complexity index is 957. The number of unbranched alkanes of at least 4 members (excludes halogenated alkanes) is 1. The molecule has 1 aromatic rings. The van der Waals surface area contributed by atoms with Crippen LogP contribution in [-0.4, -0.2) is 69.6 Å². The lowest BCUT2D eigenvalue weighted by Crippen LogP contribution is -2.55. The standard InChI is InChI=1S/C27H39N3O5S/c1-4-8-17(3)28-25(33)23-27-14-13-20(36-27)21(22(27)26(34)30(23)15-6-7-16-31)24(32)29-18-9-11-19(12-10-18)35-5-2/h9-12,17,20-23,31H,4-8,13-16H2,1-3H3,(H,28,33)(H,29,32)/t17?,20-,21+,22-,23?,27?/m0/s1. The second kappa shape index (κ2) is 11.4. The highest BCUT2D eigenvalue weighted by Gasteiger charge is 2.73. The van der Waals surface area contributed by atoms with E-state index in [0.717, 1.165) is 31.4 Å². The summed E-state index contributed by atoms with van der Waals surface area (Å²) in [5, 5.41) is 15.5. The predicted octanol–water partition coefficient (Wildman–Crippen LogP) is 3.19. The van der Waals surface area contributed by atoms with Crippen LogP contribution in [0, 0.1) is 11.8 Å². The summed E-state index contributed by atoms with van der Waals surface area (Å²) in [4.78, 5) is 42.7. The monoisotopic (exact) mass is 517 g/mol. The smallest absolute Gasteiger partial charge is 0.244 e. The first-order valence-corrected chi connectivity index (χ1v) is 14.2. The molecular weight excluding hydrogens is 478 g/mol. The number of amides is 3. The second-order valence-electron chi connectivity index (χ2n) is 10.2. The van der Waals surface area contributed by atoms with Gasteiger partial charge < -0.3 is 25.4 Å². The molecular formula is C27H39N3O5S. The van der Waals surface area contributed by atoms with E-state index in [9.17, 15) is 19.5 Å². The summed E-state index contributed by atoms with van der Waals surface area (Å²) in [6, 6.07) is 6.68. The Kier molecular flexibility index (Phi) is 8.50. The molecule has 3 N–H and O–H groups in total. The van der Waals surface area contributed by atoms with Crippen LogP contribution >= 0.6 is 11.8 Å². The lowest BCUT2D eigenvalue weighted by Gasteiger charge is -2.35. The normalized spacial score (nSPS) is 29.2. The molecule has 9 heteroatoms. The number of hydrogen-bond acceptors (Lipinski definition) is 6. The van der Waals surface area contributed by atoms with Gasteiger partial charge in [0.05, 0.1) is 23.2 Å². The van der Waals surface area contributed by atoms with Crippen molar-refractivity contribution in [1.29, 1.82) is 0 Å². The molecule has 3 aliphatic rings. The molecule has 3 saturated heterocycles. The van der Waals surface area contributed by atoms with E-state index in [0.29, 0.717) is 31.7 Å². The number of likely N-dealkylation sites (tertiary alicyclic amines) is 1. The fraction of sp³-hybridized carbons (Fsp3) is 0.667. The average molecular weight is 518 g/mol.